The summed E-state index contributed by atoms with van der Waals surface area (Å²) in [5.41, 5.74) is 9.11. The second-order valence-electron chi connectivity index (χ2n) is 5.86. The first-order chi connectivity index (χ1) is 8.92. The number of hydrogen-bond donors (Lipinski definition) is 1. The zero-order chi connectivity index (χ0) is 14.2. The van der Waals surface area contributed by atoms with E-state index in [1.165, 1.54) is 5.56 Å². The van der Waals surface area contributed by atoms with Gasteiger partial charge in [-0.15, -0.1) is 0 Å². The van der Waals surface area contributed by atoms with E-state index < -0.39 is 0 Å². The zero-order valence-electron chi connectivity index (χ0n) is 12.5. The van der Waals surface area contributed by atoms with Crippen molar-refractivity contribution in [3.8, 4) is 5.75 Å². The smallest absolute Gasteiger partial charge is 0.138 e. The Kier molecular flexibility index (Phi) is 3.59. The average Bonchev–Trinajstić information content (AvgIpc) is 2.73. The number of hydrogen-bond acceptors (Lipinski definition) is 3. The van der Waals surface area contributed by atoms with Crippen LogP contribution in [0.3, 0.4) is 0 Å². The minimum absolute atomic E-state index is 0.00151. The van der Waals surface area contributed by atoms with Crippen molar-refractivity contribution in [1.29, 1.82) is 0 Å². The van der Waals surface area contributed by atoms with Gasteiger partial charge >= 0.3 is 0 Å². The van der Waals surface area contributed by atoms with Gasteiger partial charge in [-0.05, 0) is 24.0 Å². The lowest BCUT2D eigenvalue weighted by atomic mass is 9.85. The molecule has 1 aromatic heterocycles. The van der Waals surface area contributed by atoms with Gasteiger partial charge in [-0.1, -0.05) is 27.7 Å². The van der Waals surface area contributed by atoms with Crippen LogP contribution >= 0.6 is 0 Å². The molecule has 0 unspecified atom stereocenters. The van der Waals surface area contributed by atoms with Crippen molar-refractivity contribution in [2.75, 3.05) is 7.11 Å². The van der Waals surface area contributed by atoms with Gasteiger partial charge in [-0.3, -0.25) is 0 Å². The SMILES string of the molecule is CCc1c(CN)oc2c(C(C)(C)C)cc(OC)cc12. The highest BCUT2D eigenvalue weighted by molar-refractivity contribution is 5.87. The normalized spacial score (nSPS) is 12.1. The standard InChI is InChI=1S/C16H23NO2/c1-6-11-12-7-10(18-5)8-13(16(2,3)4)15(12)19-14(11)9-17/h7-8H,6,9,17H2,1-5H3. The molecule has 0 fully saturated rings. The molecule has 2 N–H and O–H groups in total. The van der Waals surface area contributed by atoms with Gasteiger partial charge in [-0.2, -0.15) is 0 Å². The van der Waals surface area contributed by atoms with E-state index in [0.717, 1.165) is 34.5 Å². The molecule has 0 saturated carbocycles. The fourth-order valence-electron chi connectivity index (χ4n) is 2.50. The molecule has 0 atom stereocenters. The third kappa shape index (κ3) is 2.35. The Hall–Kier alpha value is -1.48. The Morgan fingerprint density at radius 1 is 1.26 bits per heavy atom. The number of ether oxygens (including phenoxy) is 1. The molecule has 0 amide bonds. The molecule has 0 aliphatic carbocycles. The number of nitrogens with two attached hydrogens (primary N) is 1. The topological polar surface area (TPSA) is 48.4 Å². The van der Waals surface area contributed by atoms with Crippen LogP contribution < -0.4 is 10.5 Å². The van der Waals surface area contributed by atoms with Gasteiger partial charge in [0.2, 0.25) is 0 Å². The van der Waals surface area contributed by atoms with Crippen molar-refractivity contribution in [3.05, 3.63) is 29.0 Å². The molecule has 3 nitrogen and oxygen atoms in total. The summed E-state index contributed by atoms with van der Waals surface area (Å²) < 4.78 is 11.4. The molecule has 1 heterocycles. The predicted octanol–water partition coefficient (Wildman–Crippen LogP) is 3.76. The lowest BCUT2D eigenvalue weighted by Crippen LogP contribution is -2.11. The van der Waals surface area contributed by atoms with Gasteiger partial charge in [0.1, 0.15) is 17.1 Å². The maximum Gasteiger partial charge on any atom is 0.138 e. The molecular formula is C16H23NO2. The fourth-order valence-corrected chi connectivity index (χ4v) is 2.50. The van der Waals surface area contributed by atoms with Crippen molar-refractivity contribution in [1.82, 2.24) is 0 Å². The molecule has 0 spiro atoms. The van der Waals surface area contributed by atoms with Gasteiger partial charge in [0, 0.05) is 16.5 Å². The maximum absolute atomic E-state index is 6.02. The molecule has 2 aromatic rings. The Balaban J connectivity index is 2.84. The van der Waals surface area contributed by atoms with Crippen molar-refractivity contribution >= 4 is 11.0 Å². The quantitative estimate of drug-likeness (QED) is 0.915. The first kappa shape index (κ1) is 13.9. The van der Waals surface area contributed by atoms with Crippen molar-refractivity contribution < 1.29 is 9.15 Å². The third-order valence-electron chi connectivity index (χ3n) is 3.53. The van der Waals surface area contributed by atoms with Crippen LogP contribution in [-0.2, 0) is 18.4 Å². The number of benzene rings is 1. The Bertz CT molecular complexity index is 591. The summed E-state index contributed by atoms with van der Waals surface area (Å²) in [6.45, 7) is 9.09. The predicted molar refractivity (Wildman–Crippen MR) is 78.7 cm³/mol. The van der Waals surface area contributed by atoms with E-state index in [2.05, 4.69) is 33.8 Å². The molecule has 19 heavy (non-hydrogen) atoms. The van der Waals surface area contributed by atoms with Crippen molar-refractivity contribution in [3.63, 3.8) is 0 Å². The van der Waals surface area contributed by atoms with Gasteiger partial charge < -0.3 is 14.9 Å². The van der Waals surface area contributed by atoms with E-state index in [4.69, 9.17) is 14.9 Å². The highest BCUT2D eigenvalue weighted by Crippen LogP contribution is 2.38. The molecule has 104 valence electrons. The Morgan fingerprint density at radius 3 is 2.42 bits per heavy atom. The second kappa shape index (κ2) is 4.89. The summed E-state index contributed by atoms with van der Waals surface area (Å²) >= 11 is 0. The molecule has 1 aromatic carbocycles. The van der Waals surface area contributed by atoms with E-state index in [9.17, 15) is 0 Å². The number of methoxy groups -OCH3 is 1. The fraction of sp³-hybridized carbons (Fsp3) is 0.500. The zero-order valence-corrected chi connectivity index (χ0v) is 12.5. The van der Waals surface area contributed by atoms with E-state index >= 15 is 0 Å². The summed E-state index contributed by atoms with van der Waals surface area (Å²) in [6.07, 6.45) is 0.913. The van der Waals surface area contributed by atoms with Gasteiger partial charge in [0.25, 0.3) is 0 Å². The van der Waals surface area contributed by atoms with Crippen LogP contribution in [0.1, 0.15) is 44.6 Å². The van der Waals surface area contributed by atoms with Crippen LogP contribution in [0.25, 0.3) is 11.0 Å². The van der Waals surface area contributed by atoms with Crippen LogP contribution in [0.15, 0.2) is 16.5 Å². The monoisotopic (exact) mass is 261 g/mol. The minimum Gasteiger partial charge on any atom is -0.497 e. The molecule has 0 aliphatic rings. The van der Waals surface area contributed by atoms with Gasteiger partial charge in [0.05, 0.1) is 13.7 Å². The first-order valence-electron chi connectivity index (χ1n) is 6.75. The largest absolute Gasteiger partial charge is 0.497 e. The summed E-state index contributed by atoms with van der Waals surface area (Å²) in [7, 11) is 1.70. The van der Waals surface area contributed by atoms with E-state index in [-0.39, 0.29) is 5.41 Å². The number of rotatable bonds is 3. The molecule has 0 aliphatic heterocycles. The maximum atomic E-state index is 6.02. The van der Waals surface area contributed by atoms with Crippen molar-refractivity contribution in [2.45, 2.75) is 46.1 Å². The minimum atomic E-state index is 0.00151. The Morgan fingerprint density at radius 2 is 1.95 bits per heavy atom. The van der Waals surface area contributed by atoms with Crippen LogP contribution in [0.4, 0.5) is 0 Å². The number of fused-ring (bicyclic) bond motifs is 1. The molecule has 2 rings (SSSR count). The van der Waals surface area contributed by atoms with E-state index in [1.54, 1.807) is 7.11 Å². The molecular weight excluding hydrogens is 238 g/mol. The highest BCUT2D eigenvalue weighted by atomic mass is 16.5. The Labute approximate surface area is 114 Å². The first-order valence-corrected chi connectivity index (χ1v) is 6.75. The number of furan rings is 1. The van der Waals surface area contributed by atoms with Crippen LogP contribution in [0, 0.1) is 0 Å². The molecule has 0 radical (unpaired) electrons. The average molecular weight is 261 g/mol. The van der Waals surface area contributed by atoms with Crippen molar-refractivity contribution in [2.24, 2.45) is 5.73 Å². The summed E-state index contributed by atoms with van der Waals surface area (Å²) in [5.74, 6) is 1.76. The highest BCUT2D eigenvalue weighted by Gasteiger charge is 2.23. The van der Waals surface area contributed by atoms with Gasteiger partial charge in [0.15, 0.2) is 0 Å². The van der Waals surface area contributed by atoms with Crippen LogP contribution in [-0.4, -0.2) is 7.11 Å². The second-order valence-corrected chi connectivity index (χ2v) is 5.86. The summed E-state index contributed by atoms with van der Waals surface area (Å²) in [5, 5.41) is 1.13. The van der Waals surface area contributed by atoms with Gasteiger partial charge in [-0.25, -0.2) is 0 Å². The van der Waals surface area contributed by atoms with E-state index in [0.29, 0.717) is 6.54 Å². The lowest BCUT2D eigenvalue weighted by Gasteiger charge is -2.20. The number of aryl methyl sites for hydroxylation is 1. The lowest BCUT2D eigenvalue weighted by molar-refractivity contribution is 0.413. The summed E-state index contributed by atoms with van der Waals surface area (Å²) in [4.78, 5) is 0. The van der Waals surface area contributed by atoms with Crippen LogP contribution in [0.5, 0.6) is 5.75 Å². The van der Waals surface area contributed by atoms with Crippen LogP contribution in [0.2, 0.25) is 0 Å². The molecule has 0 saturated heterocycles. The van der Waals surface area contributed by atoms with E-state index in [1.807, 2.05) is 6.07 Å². The molecule has 0 bridgehead atoms. The third-order valence-corrected chi connectivity index (χ3v) is 3.53. The molecule has 3 heteroatoms. The summed E-state index contributed by atoms with van der Waals surface area (Å²) in [6, 6.07) is 4.11.